The first-order valence-electron chi connectivity index (χ1n) is 9.03. The number of nitrogens with one attached hydrogen (secondary N) is 1. The van der Waals surface area contributed by atoms with E-state index < -0.39 is 0 Å². The van der Waals surface area contributed by atoms with E-state index in [4.69, 9.17) is 4.74 Å². The number of carbonyl (C=O) groups excluding carboxylic acids is 1. The van der Waals surface area contributed by atoms with Crippen LogP contribution in [0.25, 0.3) is 0 Å². The molecule has 4 bridgehead atoms. The van der Waals surface area contributed by atoms with Gasteiger partial charge in [0.1, 0.15) is 0 Å². The summed E-state index contributed by atoms with van der Waals surface area (Å²) in [5.74, 6) is 3.35. The van der Waals surface area contributed by atoms with Crippen molar-refractivity contribution in [3.63, 3.8) is 0 Å². The van der Waals surface area contributed by atoms with Crippen molar-refractivity contribution < 1.29 is 9.53 Å². The van der Waals surface area contributed by atoms with Gasteiger partial charge in [-0.25, -0.2) is 0 Å². The van der Waals surface area contributed by atoms with Crippen LogP contribution in [0.1, 0.15) is 58.3 Å². The summed E-state index contributed by atoms with van der Waals surface area (Å²) in [7, 11) is 0. The maximum atomic E-state index is 12.5. The van der Waals surface area contributed by atoms with Crippen LogP contribution in [-0.2, 0) is 9.53 Å². The molecular formula is C18H29NO2. The van der Waals surface area contributed by atoms with Crippen molar-refractivity contribution in [2.75, 3.05) is 13.2 Å². The number of hydrogen-bond acceptors (Lipinski definition) is 2. The van der Waals surface area contributed by atoms with E-state index >= 15 is 0 Å². The van der Waals surface area contributed by atoms with Gasteiger partial charge in [-0.05, 0) is 81.5 Å². The Balaban J connectivity index is 1.42. The standard InChI is InChI=1S/C18H29NO2/c1-12(19-17(20)16-2-4-21-5-3-16)18-9-13-6-14(10-18)8-15(7-13)11-18/h12-16H,2-11H2,1H3,(H,19,20). The van der Waals surface area contributed by atoms with Gasteiger partial charge in [-0.15, -0.1) is 0 Å². The zero-order valence-corrected chi connectivity index (χ0v) is 13.3. The van der Waals surface area contributed by atoms with Crippen molar-refractivity contribution in [3.8, 4) is 0 Å². The fourth-order valence-electron chi connectivity index (χ4n) is 6.15. The van der Waals surface area contributed by atoms with Gasteiger partial charge in [0.25, 0.3) is 0 Å². The minimum Gasteiger partial charge on any atom is -0.381 e. The monoisotopic (exact) mass is 291 g/mol. The van der Waals surface area contributed by atoms with E-state index in [9.17, 15) is 4.79 Å². The van der Waals surface area contributed by atoms with Crippen LogP contribution in [0.2, 0.25) is 0 Å². The molecule has 1 heterocycles. The van der Waals surface area contributed by atoms with E-state index in [0.717, 1.165) is 43.8 Å². The number of amides is 1. The summed E-state index contributed by atoms with van der Waals surface area (Å²) in [5, 5.41) is 3.41. The molecule has 0 radical (unpaired) electrons. The largest absolute Gasteiger partial charge is 0.381 e. The normalized spacial score (nSPS) is 43.8. The molecule has 1 aliphatic heterocycles. The Kier molecular flexibility index (Phi) is 3.52. The van der Waals surface area contributed by atoms with E-state index in [0.29, 0.717) is 17.4 Å². The highest BCUT2D eigenvalue weighted by Gasteiger charge is 2.53. The smallest absolute Gasteiger partial charge is 0.223 e. The zero-order valence-electron chi connectivity index (χ0n) is 13.3. The third kappa shape index (κ3) is 2.52. The second kappa shape index (κ2) is 5.26. The lowest BCUT2D eigenvalue weighted by molar-refractivity contribution is -0.132. The summed E-state index contributed by atoms with van der Waals surface area (Å²) in [5.41, 5.74) is 0.426. The minimum atomic E-state index is 0.190. The predicted octanol–water partition coefficient (Wildman–Crippen LogP) is 3.13. The molecular weight excluding hydrogens is 262 g/mol. The molecule has 1 saturated heterocycles. The lowest BCUT2D eigenvalue weighted by atomic mass is 9.48. The molecule has 0 aromatic carbocycles. The fraction of sp³-hybridized carbons (Fsp3) is 0.944. The SMILES string of the molecule is CC(NC(=O)C1CCOCC1)C12CC3CC(CC(C3)C1)C2. The molecule has 0 spiro atoms. The fourth-order valence-corrected chi connectivity index (χ4v) is 6.15. The van der Waals surface area contributed by atoms with Crippen molar-refractivity contribution >= 4 is 5.91 Å². The first kappa shape index (κ1) is 14.0. The Labute approximate surface area is 128 Å². The molecule has 1 unspecified atom stereocenters. The molecule has 5 rings (SSSR count). The van der Waals surface area contributed by atoms with Gasteiger partial charge in [0.05, 0.1) is 0 Å². The Morgan fingerprint density at radius 3 is 2.10 bits per heavy atom. The number of hydrogen-bond donors (Lipinski definition) is 1. The second-order valence-corrected chi connectivity index (χ2v) is 8.40. The lowest BCUT2D eigenvalue weighted by Crippen LogP contribution is -2.56. The van der Waals surface area contributed by atoms with E-state index in [2.05, 4.69) is 12.2 Å². The van der Waals surface area contributed by atoms with E-state index in [1.54, 1.807) is 0 Å². The molecule has 1 N–H and O–H groups in total. The molecule has 21 heavy (non-hydrogen) atoms. The number of rotatable bonds is 3. The molecule has 1 atom stereocenters. The van der Waals surface area contributed by atoms with Crippen LogP contribution < -0.4 is 5.32 Å². The molecule has 4 saturated carbocycles. The van der Waals surface area contributed by atoms with Gasteiger partial charge in [0.15, 0.2) is 0 Å². The highest BCUT2D eigenvalue weighted by molar-refractivity contribution is 5.79. The van der Waals surface area contributed by atoms with E-state index in [-0.39, 0.29) is 5.92 Å². The molecule has 5 aliphatic rings. The first-order chi connectivity index (χ1) is 10.1. The maximum Gasteiger partial charge on any atom is 0.223 e. The molecule has 0 aromatic rings. The first-order valence-corrected chi connectivity index (χ1v) is 9.03. The summed E-state index contributed by atoms with van der Waals surface area (Å²) in [6.07, 6.45) is 10.3. The predicted molar refractivity (Wildman–Crippen MR) is 81.8 cm³/mol. The van der Waals surface area contributed by atoms with Crippen molar-refractivity contribution in [2.24, 2.45) is 29.1 Å². The average Bonchev–Trinajstić information content (AvgIpc) is 2.46. The van der Waals surface area contributed by atoms with E-state index in [1.807, 2.05) is 0 Å². The average molecular weight is 291 g/mol. The van der Waals surface area contributed by atoms with Crippen molar-refractivity contribution in [2.45, 2.75) is 64.3 Å². The highest BCUT2D eigenvalue weighted by atomic mass is 16.5. The van der Waals surface area contributed by atoms with Gasteiger partial charge in [0.2, 0.25) is 5.91 Å². The summed E-state index contributed by atoms with van der Waals surface area (Å²) < 4.78 is 5.38. The molecule has 3 heteroatoms. The van der Waals surface area contributed by atoms with Crippen LogP contribution in [0.3, 0.4) is 0 Å². The summed E-state index contributed by atoms with van der Waals surface area (Å²) >= 11 is 0. The Morgan fingerprint density at radius 2 is 1.57 bits per heavy atom. The minimum absolute atomic E-state index is 0.190. The van der Waals surface area contributed by atoms with Gasteiger partial charge in [-0.3, -0.25) is 4.79 Å². The molecule has 0 aromatic heterocycles. The summed E-state index contributed by atoms with van der Waals surface area (Å²) in [4.78, 5) is 12.5. The molecule has 4 aliphatic carbocycles. The second-order valence-electron chi connectivity index (χ2n) is 8.40. The Morgan fingerprint density at radius 1 is 1.05 bits per heavy atom. The van der Waals surface area contributed by atoms with Gasteiger partial charge < -0.3 is 10.1 Å². The Bertz CT molecular complexity index is 378. The maximum absolute atomic E-state index is 12.5. The van der Waals surface area contributed by atoms with Gasteiger partial charge in [-0.1, -0.05) is 0 Å². The molecule has 5 fully saturated rings. The zero-order chi connectivity index (χ0) is 14.4. The van der Waals surface area contributed by atoms with Crippen LogP contribution in [0.5, 0.6) is 0 Å². The Hall–Kier alpha value is -0.570. The third-order valence-electron chi connectivity index (χ3n) is 6.96. The topological polar surface area (TPSA) is 38.3 Å². The molecule has 3 nitrogen and oxygen atoms in total. The molecule has 1 amide bonds. The lowest BCUT2D eigenvalue weighted by Gasteiger charge is -2.59. The quantitative estimate of drug-likeness (QED) is 0.867. The van der Waals surface area contributed by atoms with Crippen LogP contribution in [0, 0.1) is 29.1 Å². The van der Waals surface area contributed by atoms with Gasteiger partial charge >= 0.3 is 0 Å². The summed E-state index contributed by atoms with van der Waals surface area (Å²) in [6.45, 7) is 3.79. The number of ether oxygens (including phenoxy) is 1. The van der Waals surface area contributed by atoms with Gasteiger partial charge in [-0.2, -0.15) is 0 Å². The van der Waals surface area contributed by atoms with Gasteiger partial charge in [0, 0.05) is 25.2 Å². The number of carbonyl (C=O) groups is 1. The van der Waals surface area contributed by atoms with Crippen molar-refractivity contribution in [3.05, 3.63) is 0 Å². The highest BCUT2D eigenvalue weighted by Crippen LogP contribution is 2.61. The van der Waals surface area contributed by atoms with Crippen molar-refractivity contribution in [1.29, 1.82) is 0 Å². The van der Waals surface area contributed by atoms with Crippen LogP contribution in [0.15, 0.2) is 0 Å². The van der Waals surface area contributed by atoms with Crippen LogP contribution in [0.4, 0.5) is 0 Å². The van der Waals surface area contributed by atoms with Crippen LogP contribution >= 0.6 is 0 Å². The van der Waals surface area contributed by atoms with Crippen LogP contribution in [-0.4, -0.2) is 25.2 Å². The molecule has 118 valence electrons. The van der Waals surface area contributed by atoms with E-state index in [1.165, 1.54) is 38.5 Å². The van der Waals surface area contributed by atoms with Crippen molar-refractivity contribution in [1.82, 2.24) is 5.32 Å². The third-order valence-corrected chi connectivity index (χ3v) is 6.96. The summed E-state index contributed by atoms with van der Waals surface area (Å²) in [6, 6.07) is 0.362.